The molecule has 0 radical (unpaired) electrons. The Morgan fingerprint density at radius 2 is 1.69 bits per heavy atom. The van der Waals surface area contributed by atoms with Crippen LogP contribution in [0.4, 0.5) is 0 Å². The van der Waals surface area contributed by atoms with Crippen LogP contribution in [0.15, 0.2) is 72.8 Å². The molecular weight excluding hydrogens is 472 g/mol. The monoisotopic (exact) mass is 506 g/mol. The zero-order valence-corrected chi connectivity index (χ0v) is 22.2. The fourth-order valence-electron chi connectivity index (χ4n) is 3.89. The Labute approximate surface area is 219 Å². The second-order valence-electron chi connectivity index (χ2n) is 9.19. The molecule has 0 aliphatic heterocycles. The maximum atomic E-state index is 13.7. The third kappa shape index (κ3) is 7.59. The summed E-state index contributed by atoms with van der Waals surface area (Å²) in [6.07, 6.45) is 1.17. The molecule has 0 spiro atoms. The highest BCUT2D eigenvalue weighted by molar-refractivity contribution is 6.31. The van der Waals surface area contributed by atoms with Gasteiger partial charge >= 0.3 is 0 Å². The number of hydrogen-bond donors (Lipinski definition) is 1. The number of carbonyl (C=O) groups is 2. The van der Waals surface area contributed by atoms with Gasteiger partial charge in [-0.1, -0.05) is 79.2 Å². The fraction of sp³-hybridized carbons (Fsp3) is 0.333. The van der Waals surface area contributed by atoms with Crippen LogP contribution in [0.1, 0.15) is 42.5 Å². The molecule has 5 nitrogen and oxygen atoms in total. The number of amides is 2. The number of ether oxygens (including phenoxy) is 1. The molecule has 6 heteroatoms. The second-order valence-corrected chi connectivity index (χ2v) is 9.60. The predicted octanol–water partition coefficient (Wildman–Crippen LogP) is 5.89. The molecule has 36 heavy (non-hydrogen) atoms. The molecule has 3 aromatic carbocycles. The number of rotatable bonds is 11. The maximum Gasteiger partial charge on any atom is 0.261 e. The molecule has 2 amide bonds. The number of halogens is 1. The van der Waals surface area contributed by atoms with Gasteiger partial charge in [0, 0.05) is 24.0 Å². The Morgan fingerprint density at radius 3 is 2.39 bits per heavy atom. The molecular formula is C30H35ClN2O3. The van der Waals surface area contributed by atoms with Crippen molar-refractivity contribution in [2.24, 2.45) is 0 Å². The zero-order chi connectivity index (χ0) is 26.1. The average molecular weight is 507 g/mol. The van der Waals surface area contributed by atoms with Gasteiger partial charge in [-0.25, -0.2) is 0 Å². The topological polar surface area (TPSA) is 58.6 Å². The van der Waals surface area contributed by atoms with Crippen molar-refractivity contribution in [1.29, 1.82) is 0 Å². The van der Waals surface area contributed by atoms with Gasteiger partial charge in [-0.15, -0.1) is 0 Å². The number of hydrogen-bond acceptors (Lipinski definition) is 3. The first-order chi connectivity index (χ1) is 17.3. The van der Waals surface area contributed by atoms with Crippen molar-refractivity contribution in [3.05, 3.63) is 100 Å². The molecule has 3 aromatic rings. The first-order valence-electron chi connectivity index (χ1n) is 12.4. The minimum Gasteiger partial charge on any atom is -0.483 e. The summed E-state index contributed by atoms with van der Waals surface area (Å²) >= 11 is 6.47. The van der Waals surface area contributed by atoms with Crippen molar-refractivity contribution in [3.63, 3.8) is 0 Å². The van der Waals surface area contributed by atoms with E-state index < -0.39 is 6.04 Å². The van der Waals surface area contributed by atoms with Gasteiger partial charge in [0.1, 0.15) is 11.8 Å². The number of nitrogens with one attached hydrogen (secondary N) is 1. The van der Waals surface area contributed by atoms with E-state index in [9.17, 15) is 9.59 Å². The van der Waals surface area contributed by atoms with Crippen LogP contribution in [0.25, 0.3) is 0 Å². The fourth-order valence-corrected chi connectivity index (χ4v) is 4.09. The third-order valence-corrected chi connectivity index (χ3v) is 6.63. The molecule has 0 saturated carbocycles. The van der Waals surface area contributed by atoms with Crippen LogP contribution in [0.5, 0.6) is 5.75 Å². The van der Waals surface area contributed by atoms with E-state index >= 15 is 0 Å². The Bertz CT molecular complexity index is 1170. The summed E-state index contributed by atoms with van der Waals surface area (Å²) in [5.74, 6) is 0.182. The van der Waals surface area contributed by atoms with Crippen molar-refractivity contribution in [2.45, 2.75) is 59.2 Å². The van der Waals surface area contributed by atoms with Gasteiger partial charge in [0.15, 0.2) is 6.61 Å². The van der Waals surface area contributed by atoms with Crippen LogP contribution >= 0.6 is 11.6 Å². The van der Waals surface area contributed by atoms with Crippen LogP contribution < -0.4 is 10.1 Å². The largest absolute Gasteiger partial charge is 0.483 e. The molecule has 0 unspecified atom stereocenters. The molecule has 2 atom stereocenters. The average Bonchev–Trinajstić information content (AvgIpc) is 2.87. The maximum absolute atomic E-state index is 13.7. The summed E-state index contributed by atoms with van der Waals surface area (Å²) in [6.45, 7) is 7.91. The number of carbonyl (C=O) groups excluding carboxylic acids is 2. The quantitative estimate of drug-likeness (QED) is 0.352. The lowest BCUT2D eigenvalue weighted by molar-refractivity contribution is -0.143. The minimum atomic E-state index is -0.729. The summed E-state index contributed by atoms with van der Waals surface area (Å²) in [4.78, 5) is 28.8. The lowest BCUT2D eigenvalue weighted by Gasteiger charge is -2.32. The summed E-state index contributed by atoms with van der Waals surface area (Å²) in [5, 5.41) is 3.62. The first-order valence-corrected chi connectivity index (χ1v) is 12.7. The molecule has 0 bridgehead atoms. The van der Waals surface area contributed by atoms with Crippen molar-refractivity contribution >= 4 is 23.4 Å². The first kappa shape index (κ1) is 27.3. The normalized spacial score (nSPS) is 12.5. The molecule has 0 fully saturated rings. The van der Waals surface area contributed by atoms with E-state index in [-0.39, 0.29) is 31.0 Å². The number of aryl methyl sites for hydroxylation is 2. The van der Waals surface area contributed by atoms with Gasteiger partial charge in [0.05, 0.1) is 0 Å². The van der Waals surface area contributed by atoms with Gasteiger partial charge in [-0.3, -0.25) is 9.59 Å². The standard InChI is InChI=1S/C30H35ClN2O3/c1-5-23(4)32-30(35)27(18-24-11-7-6-8-12-24)33(19-25-13-9-10-14-26(25)31)29(34)20-36-28-17-21(2)15-16-22(28)3/h6-17,23,27H,5,18-20H2,1-4H3,(H,32,35)/t23-,27-/m1/s1. The van der Waals surface area contributed by atoms with Crippen molar-refractivity contribution in [2.75, 3.05) is 6.61 Å². The Kier molecular flexibility index (Phi) is 9.95. The summed E-state index contributed by atoms with van der Waals surface area (Å²) < 4.78 is 5.95. The lowest BCUT2D eigenvalue weighted by Crippen LogP contribution is -2.53. The Morgan fingerprint density at radius 1 is 1.00 bits per heavy atom. The molecule has 0 heterocycles. The molecule has 0 aliphatic carbocycles. The van der Waals surface area contributed by atoms with Crippen LogP contribution in [0.2, 0.25) is 5.02 Å². The van der Waals surface area contributed by atoms with Crippen molar-refractivity contribution in [1.82, 2.24) is 10.2 Å². The second kappa shape index (κ2) is 13.1. The van der Waals surface area contributed by atoms with E-state index in [0.717, 1.165) is 28.7 Å². The van der Waals surface area contributed by atoms with Gasteiger partial charge in [-0.2, -0.15) is 0 Å². The SMILES string of the molecule is CC[C@@H](C)NC(=O)[C@@H](Cc1ccccc1)N(Cc1ccccc1Cl)C(=O)COc1cc(C)ccc1C. The molecule has 0 aliphatic rings. The van der Waals surface area contributed by atoms with Gasteiger partial charge in [0.2, 0.25) is 5.91 Å². The minimum absolute atomic E-state index is 0.0146. The van der Waals surface area contributed by atoms with Crippen LogP contribution in [0.3, 0.4) is 0 Å². The zero-order valence-electron chi connectivity index (χ0n) is 21.5. The van der Waals surface area contributed by atoms with Gasteiger partial charge < -0.3 is 15.0 Å². The van der Waals surface area contributed by atoms with Crippen LogP contribution in [-0.4, -0.2) is 35.4 Å². The highest BCUT2D eigenvalue weighted by Gasteiger charge is 2.31. The highest BCUT2D eigenvalue weighted by atomic mass is 35.5. The summed E-state index contributed by atoms with van der Waals surface area (Å²) in [6, 6.07) is 22.3. The Hall–Kier alpha value is -3.31. The summed E-state index contributed by atoms with van der Waals surface area (Å²) in [7, 11) is 0. The van der Waals surface area contributed by atoms with Gasteiger partial charge in [0.25, 0.3) is 5.91 Å². The number of nitrogens with zero attached hydrogens (tertiary/aromatic N) is 1. The van der Waals surface area contributed by atoms with Crippen molar-refractivity contribution in [3.8, 4) is 5.75 Å². The van der Waals surface area contributed by atoms with E-state index in [0.29, 0.717) is 17.2 Å². The lowest BCUT2D eigenvalue weighted by atomic mass is 10.0. The van der Waals surface area contributed by atoms with E-state index in [1.54, 1.807) is 11.0 Å². The van der Waals surface area contributed by atoms with Crippen molar-refractivity contribution < 1.29 is 14.3 Å². The molecule has 0 saturated heterocycles. The smallest absolute Gasteiger partial charge is 0.261 e. The highest BCUT2D eigenvalue weighted by Crippen LogP contribution is 2.22. The van der Waals surface area contributed by atoms with E-state index in [1.807, 2.05) is 94.4 Å². The Balaban J connectivity index is 1.94. The predicted molar refractivity (Wildman–Crippen MR) is 145 cm³/mol. The van der Waals surface area contributed by atoms with E-state index in [4.69, 9.17) is 16.3 Å². The van der Waals surface area contributed by atoms with Crippen LogP contribution in [-0.2, 0) is 22.6 Å². The molecule has 3 rings (SSSR count). The third-order valence-electron chi connectivity index (χ3n) is 6.27. The van der Waals surface area contributed by atoms with Gasteiger partial charge in [-0.05, 0) is 61.6 Å². The van der Waals surface area contributed by atoms with Crippen LogP contribution in [0, 0.1) is 13.8 Å². The van der Waals surface area contributed by atoms with E-state index in [1.165, 1.54) is 0 Å². The molecule has 190 valence electrons. The van der Waals surface area contributed by atoms with E-state index in [2.05, 4.69) is 5.32 Å². The molecule has 0 aromatic heterocycles. The summed E-state index contributed by atoms with van der Waals surface area (Å²) in [5.41, 5.74) is 3.73. The number of benzene rings is 3. The molecule has 1 N–H and O–H groups in total.